The monoisotopic (exact) mass is 265 g/mol. The molecule has 2 nitrogen and oxygen atoms in total. The third kappa shape index (κ3) is 3.21. The molecular weight excluding hydrogens is 242 g/mol. The number of rotatable bonds is 4. The number of Topliss-reactive ketones (excluding diaryl/α,β-unsaturated/α-hetero) is 1. The van der Waals surface area contributed by atoms with Gasteiger partial charge >= 0.3 is 0 Å². The highest BCUT2D eigenvalue weighted by atomic mass is 32.1. The van der Waals surface area contributed by atoms with E-state index in [1.165, 1.54) is 30.6 Å². The van der Waals surface area contributed by atoms with E-state index in [1.54, 1.807) is 11.3 Å². The Morgan fingerprint density at radius 1 is 1.28 bits per heavy atom. The van der Waals surface area contributed by atoms with Gasteiger partial charge in [-0.3, -0.25) is 9.69 Å². The van der Waals surface area contributed by atoms with Gasteiger partial charge in [-0.25, -0.2) is 0 Å². The van der Waals surface area contributed by atoms with E-state index >= 15 is 0 Å². The van der Waals surface area contributed by atoms with Gasteiger partial charge in [0.15, 0.2) is 5.78 Å². The lowest BCUT2D eigenvalue weighted by Gasteiger charge is -2.36. The third-order valence-electron chi connectivity index (χ3n) is 3.99. The Labute approximate surface area is 114 Å². The van der Waals surface area contributed by atoms with E-state index in [1.807, 2.05) is 11.4 Å². The fraction of sp³-hybridized carbons (Fsp3) is 0.667. The number of hydrogen-bond acceptors (Lipinski definition) is 3. The molecule has 0 atom stereocenters. The lowest BCUT2D eigenvalue weighted by molar-refractivity contribution is -0.128. The van der Waals surface area contributed by atoms with Crippen molar-refractivity contribution in [3.8, 4) is 0 Å². The molecule has 1 aromatic heterocycles. The maximum absolute atomic E-state index is 12.5. The number of nitrogens with zero attached hydrogens (tertiary/aromatic N) is 1. The number of thiophene rings is 1. The van der Waals surface area contributed by atoms with E-state index in [9.17, 15) is 4.79 Å². The summed E-state index contributed by atoms with van der Waals surface area (Å²) in [5.74, 6) is 0.354. The number of likely N-dealkylation sites (tertiary alicyclic amines) is 1. The van der Waals surface area contributed by atoms with E-state index in [2.05, 4.69) is 24.8 Å². The van der Waals surface area contributed by atoms with E-state index in [0.29, 0.717) is 12.2 Å². The fourth-order valence-electron chi connectivity index (χ4n) is 2.59. The van der Waals surface area contributed by atoms with Gasteiger partial charge < -0.3 is 0 Å². The predicted molar refractivity (Wildman–Crippen MR) is 77.2 cm³/mol. The van der Waals surface area contributed by atoms with Crippen LogP contribution in [0.5, 0.6) is 0 Å². The summed E-state index contributed by atoms with van der Waals surface area (Å²) in [7, 11) is 0. The smallest absolute Gasteiger partial charge is 0.157 e. The molecule has 1 aromatic rings. The molecule has 0 unspecified atom stereocenters. The first kappa shape index (κ1) is 13.8. The van der Waals surface area contributed by atoms with Gasteiger partial charge in [0.2, 0.25) is 0 Å². The van der Waals surface area contributed by atoms with Crippen LogP contribution < -0.4 is 0 Å². The quantitative estimate of drug-likeness (QED) is 0.830. The summed E-state index contributed by atoms with van der Waals surface area (Å²) in [6, 6.07) is 4.08. The zero-order chi connectivity index (χ0) is 13.0. The van der Waals surface area contributed by atoms with Crippen molar-refractivity contribution >= 4 is 17.1 Å². The van der Waals surface area contributed by atoms with Crippen LogP contribution in [0.25, 0.3) is 0 Å². The first-order valence-electron chi connectivity index (χ1n) is 6.91. The molecule has 2 rings (SSSR count). The van der Waals surface area contributed by atoms with Crippen LogP contribution in [0.3, 0.4) is 0 Å². The lowest BCUT2D eigenvalue weighted by Crippen LogP contribution is -2.51. The molecule has 1 fully saturated rings. The molecule has 0 bridgehead atoms. The van der Waals surface area contributed by atoms with E-state index in [0.717, 1.165) is 13.1 Å². The summed E-state index contributed by atoms with van der Waals surface area (Å²) in [6.45, 7) is 6.33. The SMILES string of the molecule is CC(C)(C(=O)Cc1cccs1)N1CCCCCC1. The Hall–Kier alpha value is -0.670. The zero-order valence-electron chi connectivity index (χ0n) is 11.4. The largest absolute Gasteiger partial charge is 0.297 e. The van der Waals surface area contributed by atoms with Crippen LogP contribution in [0.1, 0.15) is 44.4 Å². The first-order valence-corrected chi connectivity index (χ1v) is 7.79. The standard InChI is InChI=1S/C15H23NOS/c1-15(2,16-9-5-3-4-6-10-16)14(17)12-13-8-7-11-18-13/h7-8,11H,3-6,9-10,12H2,1-2H3. The van der Waals surface area contributed by atoms with Crippen LogP contribution in [-0.2, 0) is 11.2 Å². The van der Waals surface area contributed by atoms with Crippen molar-refractivity contribution in [2.45, 2.75) is 51.5 Å². The summed E-state index contributed by atoms with van der Waals surface area (Å²) in [5.41, 5.74) is -0.311. The highest BCUT2D eigenvalue weighted by Gasteiger charge is 2.34. The lowest BCUT2D eigenvalue weighted by atomic mass is 9.93. The van der Waals surface area contributed by atoms with E-state index in [4.69, 9.17) is 0 Å². The maximum Gasteiger partial charge on any atom is 0.157 e. The summed E-state index contributed by atoms with van der Waals surface area (Å²) in [5, 5.41) is 2.04. The molecule has 0 amide bonds. The van der Waals surface area contributed by atoms with E-state index < -0.39 is 0 Å². The fourth-order valence-corrected chi connectivity index (χ4v) is 3.30. The second kappa shape index (κ2) is 5.98. The van der Waals surface area contributed by atoms with Gasteiger partial charge in [-0.05, 0) is 51.2 Å². The van der Waals surface area contributed by atoms with Gasteiger partial charge in [0.25, 0.3) is 0 Å². The molecule has 3 heteroatoms. The van der Waals surface area contributed by atoms with Crippen molar-refractivity contribution in [1.82, 2.24) is 4.90 Å². The van der Waals surface area contributed by atoms with Crippen LogP contribution in [-0.4, -0.2) is 29.3 Å². The van der Waals surface area contributed by atoms with Crippen molar-refractivity contribution in [3.05, 3.63) is 22.4 Å². The summed E-state index contributed by atoms with van der Waals surface area (Å²) < 4.78 is 0. The minimum absolute atomic E-state index is 0.311. The van der Waals surface area contributed by atoms with Gasteiger partial charge in [0.05, 0.1) is 5.54 Å². The molecule has 1 aliphatic heterocycles. The second-order valence-electron chi connectivity index (χ2n) is 5.64. The van der Waals surface area contributed by atoms with Gasteiger partial charge in [-0.2, -0.15) is 0 Å². The Morgan fingerprint density at radius 2 is 1.94 bits per heavy atom. The minimum Gasteiger partial charge on any atom is -0.297 e. The second-order valence-corrected chi connectivity index (χ2v) is 6.67. The Morgan fingerprint density at radius 3 is 2.50 bits per heavy atom. The number of carbonyl (C=O) groups excluding carboxylic acids is 1. The van der Waals surface area contributed by atoms with Crippen LogP contribution in [0.4, 0.5) is 0 Å². The molecule has 0 aromatic carbocycles. The molecule has 0 aliphatic carbocycles. The van der Waals surface area contributed by atoms with Gasteiger partial charge in [0, 0.05) is 11.3 Å². The average molecular weight is 265 g/mol. The van der Waals surface area contributed by atoms with Crippen LogP contribution in [0.2, 0.25) is 0 Å². The van der Waals surface area contributed by atoms with Gasteiger partial charge in [-0.1, -0.05) is 18.9 Å². The normalized spacial score (nSPS) is 18.6. The van der Waals surface area contributed by atoms with Crippen molar-refractivity contribution < 1.29 is 4.79 Å². The maximum atomic E-state index is 12.5. The zero-order valence-corrected chi connectivity index (χ0v) is 12.3. The molecule has 0 radical (unpaired) electrons. The van der Waals surface area contributed by atoms with Crippen LogP contribution in [0, 0.1) is 0 Å². The first-order chi connectivity index (χ1) is 8.60. The highest BCUT2D eigenvalue weighted by Crippen LogP contribution is 2.23. The summed E-state index contributed by atoms with van der Waals surface area (Å²) in [6.07, 6.45) is 5.67. The van der Waals surface area contributed by atoms with Crippen molar-refractivity contribution in [1.29, 1.82) is 0 Å². The van der Waals surface area contributed by atoms with Crippen LogP contribution in [0.15, 0.2) is 17.5 Å². The highest BCUT2D eigenvalue weighted by molar-refractivity contribution is 7.10. The molecule has 2 heterocycles. The molecule has 0 spiro atoms. The topological polar surface area (TPSA) is 20.3 Å². The molecule has 1 aliphatic rings. The molecule has 100 valence electrons. The van der Waals surface area contributed by atoms with Gasteiger partial charge in [0.1, 0.15) is 0 Å². The molecule has 0 N–H and O–H groups in total. The van der Waals surface area contributed by atoms with Gasteiger partial charge in [-0.15, -0.1) is 11.3 Å². The Bertz CT molecular complexity index is 375. The predicted octanol–water partition coefficient (Wildman–Crippen LogP) is 3.51. The summed E-state index contributed by atoms with van der Waals surface area (Å²) in [4.78, 5) is 16.1. The molecular formula is C15H23NOS. The van der Waals surface area contributed by atoms with Crippen molar-refractivity contribution in [2.75, 3.05) is 13.1 Å². The molecule has 1 saturated heterocycles. The van der Waals surface area contributed by atoms with Crippen molar-refractivity contribution in [3.63, 3.8) is 0 Å². The Balaban J connectivity index is 2.01. The van der Waals surface area contributed by atoms with E-state index in [-0.39, 0.29) is 5.54 Å². The summed E-state index contributed by atoms with van der Waals surface area (Å²) >= 11 is 1.68. The average Bonchev–Trinajstić information content (AvgIpc) is 2.68. The number of hydrogen-bond donors (Lipinski definition) is 0. The number of carbonyl (C=O) groups is 1. The Kier molecular flexibility index (Phi) is 4.57. The minimum atomic E-state index is -0.311. The molecule has 0 saturated carbocycles. The van der Waals surface area contributed by atoms with Crippen molar-refractivity contribution in [2.24, 2.45) is 0 Å². The number of ketones is 1. The van der Waals surface area contributed by atoms with Crippen LogP contribution >= 0.6 is 11.3 Å². The molecule has 18 heavy (non-hydrogen) atoms. The third-order valence-corrected chi connectivity index (χ3v) is 4.87.